The van der Waals surface area contributed by atoms with Crippen molar-refractivity contribution in [1.82, 2.24) is 4.57 Å². The van der Waals surface area contributed by atoms with Crippen molar-refractivity contribution in [3.63, 3.8) is 0 Å². The third-order valence-electron chi connectivity index (χ3n) is 3.72. The number of benzene rings is 1. The van der Waals surface area contributed by atoms with Crippen molar-refractivity contribution in [2.75, 3.05) is 0 Å². The summed E-state index contributed by atoms with van der Waals surface area (Å²) in [6.45, 7) is 4.60. The average Bonchev–Trinajstić information content (AvgIpc) is 2.86. The average molecular weight is 285 g/mol. The van der Waals surface area contributed by atoms with Gasteiger partial charge in [-0.1, -0.05) is 18.6 Å². The van der Waals surface area contributed by atoms with Crippen molar-refractivity contribution in [3.8, 4) is 6.07 Å². The highest BCUT2D eigenvalue weighted by Crippen LogP contribution is 2.27. The largest absolute Gasteiger partial charge is 0.342 e. The summed E-state index contributed by atoms with van der Waals surface area (Å²) >= 11 is 0. The van der Waals surface area contributed by atoms with Crippen LogP contribution >= 0.6 is 0 Å². The number of hydrogen-bond acceptors (Lipinski definition) is 3. The SMILES string of the molecule is CC(C)(C#N)CCCCn1ccc2cccc([N+](=O)[O-])c21. The highest BCUT2D eigenvalue weighted by Gasteiger charge is 2.17. The van der Waals surface area contributed by atoms with Gasteiger partial charge in [0.25, 0.3) is 5.69 Å². The first-order chi connectivity index (χ1) is 9.94. The Hall–Kier alpha value is -2.35. The van der Waals surface area contributed by atoms with E-state index in [0.717, 1.165) is 31.2 Å². The molecule has 1 aromatic carbocycles. The highest BCUT2D eigenvalue weighted by molar-refractivity contribution is 5.88. The van der Waals surface area contributed by atoms with E-state index in [1.807, 2.05) is 36.7 Å². The standard InChI is InChI=1S/C16H19N3O2/c1-16(2,12-17)9-3-4-10-18-11-8-13-6-5-7-14(15(13)18)19(20)21/h5-8,11H,3-4,9-10H2,1-2H3. The van der Waals surface area contributed by atoms with E-state index in [4.69, 9.17) is 5.26 Å². The number of nitrogens with zero attached hydrogens (tertiary/aromatic N) is 3. The molecule has 0 aliphatic rings. The van der Waals surface area contributed by atoms with Crippen molar-refractivity contribution < 1.29 is 4.92 Å². The van der Waals surface area contributed by atoms with Crippen molar-refractivity contribution in [3.05, 3.63) is 40.6 Å². The lowest BCUT2D eigenvalue weighted by atomic mass is 9.89. The van der Waals surface area contributed by atoms with Crippen LogP contribution in [-0.4, -0.2) is 9.49 Å². The zero-order valence-electron chi connectivity index (χ0n) is 12.4. The third kappa shape index (κ3) is 3.40. The zero-order valence-corrected chi connectivity index (χ0v) is 12.4. The normalized spacial score (nSPS) is 11.5. The molecule has 0 aliphatic heterocycles. The maximum atomic E-state index is 11.1. The molecule has 0 aliphatic carbocycles. The molecule has 2 rings (SSSR count). The number of non-ortho nitro benzene ring substituents is 1. The van der Waals surface area contributed by atoms with Crippen LogP contribution in [0.15, 0.2) is 30.5 Å². The Morgan fingerprint density at radius 3 is 2.76 bits per heavy atom. The minimum Gasteiger partial charge on any atom is -0.342 e. The second-order valence-electron chi connectivity index (χ2n) is 5.93. The van der Waals surface area contributed by atoms with Crippen molar-refractivity contribution in [1.29, 1.82) is 5.26 Å². The number of nitro groups is 1. The number of fused-ring (bicyclic) bond motifs is 1. The molecule has 0 unspecified atom stereocenters. The molecule has 0 N–H and O–H groups in total. The molecule has 0 spiro atoms. The quantitative estimate of drug-likeness (QED) is 0.452. The summed E-state index contributed by atoms with van der Waals surface area (Å²) in [4.78, 5) is 10.8. The van der Waals surface area contributed by atoms with Gasteiger partial charge in [-0.15, -0.1) is 0 Å². The maximum Gasteiger partial charge on any atom is 0.293 e. The number of para-hydroxylation sites is 1. The van der Waals surface area contributed by atoms with Gasteiger partial charge >= 0.3 is 0 Å². The molecule has 0 radical (unpaired) electrons. The van der Waals surface area contributed by atoms with E-state index in [9.17, 15) is 10.1 Å². The Balaban J connectivity index is 2.10. The Morgan fingerprint density at radius 2 is 2.10 bits per heavy atom. The molecule has 0 atom stereocenters. The molecule has 0 saturated heterocycles. The predicted octanol–water partition coefficient (Wildman–Crippen LogP) is 4.27. The number of rotatable bonds is 6. The number of unbranched alkanes of at least 4 members (excludes halogenated alkanes) is 1. The number of nitro benzene ring substituents is 1. The van der Waals surface area contributed by atoms with Gasteiger partial charge in [0.05, 0.1) is 16.4 Å². The van der Waals surface area contributed by atoms with Crippen LogP contribution in [0.3, 0.4) is 0 Å². The number of hydrogen-bond donors (Lipinski definition) is 0. The Morgan fingerprint density at radius 1 is 1.33 bits per heavy atom. The van der Waals surface area contributed by atoms with Gasteiger partial charge in [0.15, 0.2) is 0 Å². The first kappa shape index (κ1) is 15.0. The summed E-state index contributed by atoms with van der Waals surface area (Å²) in [6.07, 6.45) is 4.57. The molecule has 5 heteroatoms. The van der Waals surface area contributed by atoms with Crippen molar-refractivity contribution in [2.24, 2.45) is 5.41 Å². The lowest BCUT2D eigenvalue weighted by Gasteiger charge is -2.14. The maximum absolute atomic E-state index is 11.1. The van der Waals surface area contributed by atoms with Gasteiger partial charge in [0, 0.05) is 24.2 Å². The van der Waals surface area contributed by atoms with Gasteiger partial charge in [-0.2, -0.15) is 5.26 Å². The summed E-state index contributed by atoms with van der Waals surface area (Å²) in [5.74, 6) is 0. The van der Waals surface area contributed by atoms with E-state index >= 15 is 0 Å². The summed E-state index contributed by atoms with van der Waals surface area (Å²) < 4.78 is 1.94. The minimum atomic E-state index is -0.336. The van der Waals surface area contributed by atoms with E-state index in [1.165, 1.54) is 6.07 Å². The minimum absolute atomic E-state index is 0.148. The lowest BCUT2D eigenvalue weighted by molar-refractivity contribution is -0.383. The third-order valence-corrected chi connectivity index (χ3v) is 3.72. The molecule has 0 saturated carbocycles. The highest BCUT2D eigenvalue weighted by atomic mass is 16.6. The fraction of sp³-hybridized carbons (Fsp3) is 0.438. The Labute approximate surface area is 123 Å². The first-order valence-corrected chi connectivity index (χ1v) is 7.08. The van der Waals surface area contributed by atoms with E-state index in [2.05, 4.69) is 6.07 Å². The first-order valence-electron chi connectivity index (χ1n) is 7.08. The summed E-state index contributed by atoms with van der Waals surface area (Å²) in [5, 5.41) is 21.0. The number of nitriles is 1. The van der Waals surface area contributed by atoms with Gasteiger partial charge in [0.2, 0.25) is 0 Å². The van der Waals surface area contributed by atoms with Crippen LogP contribution in [0.1, 0.15) is 33.1 Å². The molecule has 5 nitrogen and oxygen atoms in total. The zero-order chi connectivity index (χ0) is 15.5. The Kier molecular flexibility index (Phi) is 4.27. The molecule has 1 heterocycles. The van der Waals surface area contributed by atoms with E-state index < -0.39 is 0 Å². The van der Waals surface area contributed by atoms with Gasteiger partial charge in [-0.05, 0) is 32.8 Å². The lowest BCUT2D eigenvalue weighted by Crippen LogP contribution is -2.08. The Bertz CT molecular complexity index is 695. The second kappa shape index (κ2) is 5.96. The summed E-state index contributed by atoms with van der Waals surface area (Å²) in [7, 11) is 0. The molecule has 0 fully saturated rings. The van der Waals surface area contributed by atoms with Crippen LogP contribution in [0.5, 0.6) is 0 Å². The fourth-order valence-electron chi connectivity index (χ4n) is 2.48. The monoisotopic (exact) mass is 285 g/mol. The van der Waals surface area contributed by atoms with Crippen LogP contribution in [0.4, 0.5) is 5.69 Å². The number of aryl methyl sites for hydroxylation is 1. The molecule has 21 heavy (non-hydrogen) atoms. The summed E-state index contributed by atoms with van der Waals surface area (Å²) in [5.41, 5.74) is 0.530. The summed E-state index contributed by atoms with van der Waals surface area (Å²) in [6, 6.07) is 9.33. The van der Waals surface area contributed by atoms with Crippen molar-refractivity contribution in [2.45, 2.75) is 39.7 Å². The fourth-order valence-corrected chi connectivity index (χ4v) is 2.48. The van der Waals surface area contributed by atoms with Gasteiger partial charge in [-0.25, -0.2) is 0 Å². The molecule has 2 aromatic rings. The van der Waals surface area contributed by atoms with E-state index in [1.54, 1.807) is 6.07 Å². The van der Waals surface area contributed by atoms with E-state index in [-0.39, 0.29) is 16.0 Å². The molecule has 0 amide bonds. The van der Waals surface area contributed by atoms with Crippen LogP contribution in [0.25, 0.3) is 10.9 Å². The van der Waals surface area contributed by atoms with Gasteiger partial charge in [0.1, 0.15) is 5.52 Å². The van der Waals surface area contributed by atoms with Crippen LogP contribution in [-0.2, 0) is 6.54 Å². The number of aromatic nitrogens is 1. The van der Waals surface area contributed by atoms with Crippen LogP contribution in [0.2, 0.25) is 0 Å². The van der Waals surface area contributed by atoms with Gasteiger partial charge in [-0.3, -0.25) is 10.1 Å². The van der Waals surface area contributed by atoms with Crippen molar-refractivity contribution >= 4 is 16.6 Å². The molecule has 110 valence electrons. The predicted molar refractivity (Wildman–Crippen MR) is 81.8 cm³/mol. The molecular formula is C16H19N3O2. The van der Waals surface area contributed by atoms with Crippen LogP contribution in [0, 0.1) is 26.9 Å². The van der Waals surface area contributed by atoms with Crippen LogP contribution < -0.4 is 0 Å². The molecule has 0 bridgehead atoms. The second-order valence-corrected chi connectivity index (χ2v) is 5.93. The molecular weight excluding hydrogens is 266 g/mol. The van der Waals surface area contributed by atoms with E-state index in [0.29, 0.717) is 5.52 Å². The topological polar surface area (TPSA) is 71.9 Å². The molecule has 1 aromatic heterocycles. The van der Waals surface area contributed by atoms with Gasteiger partial charge < -0.3 is 4.57 Å². The smallest absolute Gasteiger partial charge is 0.293 e.